The van der Waals surface area contributed by atoms with E-state index in [0.717, 1.165) is 25.7 Å². The molecule has 2 unspecified atom stereocenters. The maximum Gasteiger partial charge on any atom is 0.324 e. The monoisotopic (exact) mass is 323 g/mol. The van der Waals surface area contributed by atoms with Crippen molar-refractivity contribution < 1.29 is 14.3 Å². The van der Waals surface area contributed by atoms with Gasteiger partial charge in [-0.05, 0) is 40.3 Å². The Morgan fingerprint density at radius 2 is 1.91 bits per heavy atom. The predicted molar refractivity (Wildman–Crippen MR) is 87.5 cm³/mol. The van der Waals surface area contributed by atoms with Gasteiger partial charge in [0, 0.05) is 0 Å². The molecule has 0 heterocycles. The fraction of sp³-hybridized carbons (Fsp3) is 0.824. The molecule has 1 rings (SSSR count). The molecule has 1 fully saturated rings. The van der Waals surface area contributed by atoms with Crippen molar-refractivity contribution in [2.24, 2.45) is 0 Å². The number of carbonyl (C=O) groups is 2. The quantitative estimate of drug-likeness (QED) is 0.725. The highest BCUT2D eigenvalue weighted by Crippen LogP contribution is 2.27. The number of nitrogens with one attached hydrogen (secondary N) is 1. The Morgan fingerprint density at radius 3 is 2.39 bits per heavy atom. The van der Waals surface area contributed by atoms with E-state index in [-0.39, 0.29) is 6.04 Å². The van der Waals surface area contributed by atoms with E-state index in [1.165, 1.54) is 0 Å². The summed E-state index contributed by atoms with van der Waals surface area (Å²) in [5.41, 5.74) is -0.805. The molecule has 0 spiro atoms. The lowest BCUT2D eigenvalue weighted by molar-refractivity contribution is -0.160. The van der Waals surface area contributed by atoms with Crippen molar-refractivity contribution in [3.05, 3.63) is 0 Å². The van der Waals surface area contributed by atoms with Crippen LogP contribution in [0.1, 0.15) is 58.8 Å². The first-order valence-electron chi connectivity index (χ1n) is 8.45. The topological polar surface area (TPSA) is 82.4 Å². The van der Waals surface area contributed by atoms with Crippen molar-refractivity contribution in [3.8, 4) is 6.07 Å². The van der Waals surface area contributed by atoms with E-state index in [1.807, 2.05) is 21.0 Å². The van der Waals surface area contributed by atoms with Gasteiger partial charge in [0.05, 0.1) is 6.07 Å². The van der Waals surface area contributed by atoms with Crippen molar-refractivity contribution in [2.75, 3.05) is 14.1 Å². The third-order valence-corrected chi connectivity index (χ3v) is 4.40. The molecule has 6 nitrogen and oxygen atoms in total. The van der Waals surface area contributed by atoms with Gasteiger partial charge in [0.1, 0.15) is 11.6 Å². The van der Waals surface area contributed by atoms with Crippen LogP contribution in [-0.2, 0) is 14.3 Å². The molecular formula is C17H29N3O3. The Balaban J connectivity index is 2.62. The molecule has 1 aliphatic rings. The van der Waals surface area contributed by atoms with Gasteiger partial charge in [-0.2, -0.15) is 5.26 Å². The fourth-order valence-corrected chi connectivity index (χ4v) is 2.92. The number of esters is 1. The molecule has 1 N–H and O–H groups in total. The summed E-state index contributed by atoms with van der Waals surface area (Å²) >= 11 is 0. The van der Waals surface area contributed by atoms with Gasteiger partial charge in [-0.25, -0.2) is 0 Å². The van der Waals surface area contributed by atoms with Crippen LogP contribution in [0.2, 0.25) is 0 Å². The van der Waals surface area contributed by atoms with E-state index in [4.69, 9.17) is 4.74 Å². The highest BCUT2D eigenvalue weighted by Gasteiger charge is 2.36. The van der Waals surface area contributed by atoms with Crippen LogP contribution in [0.5, 0.6) is 0 Å². The lowest BCUT2D eigenvalue weighted by Gasteiger charge is -2.32. The Hall–Kier alpha value is -1.61. The van der Waals surface area contributed by atoms with Crippen molar-refractivity contribution in [1.29, 1.82) is 5.26 Å². The van der Waals surface area contributed by atoms with Crippen molar-refractivity contribution >= 4 is 11.9 Å². The highest BCUT2D eigenvalue weighted by molar-refractivity contribution is 5.85. The number of hydrogen-bond acceptors (Lipinski definition) is 5. The maximum absolute atomic E-state index is 12.3. The molecule has 130 valence electrons. The van der Waals surface area contributed by atoms with Gasteiger partial charge in [-0.1, -0.05) is 32.6 Å². The minimum atomic E-state index is -0.894. The van der Waals surface area contributed by atoms with E-state index in [9.17, 15) is 14.9 Å². The molecule has 23 heavy (non-hydrogen) atoms. The molecular weight excluding hydrogens is 294 g/mol. The standard InChI is InChI=1S/C17H29N3O3/c1-5-9-14(20(3)4)16(22)23-13(2)15(21)19-17(12-18)10-7-6-8-11-17/h13-14H,5-11H2,1-4H3,(H,19,21). The lowest BCUT2D eigenvalue weighted by Crippen LogP contribution is -2.52. The molecule has 6 heteroatoms. The van der Waals surface area contributed by atoms with Crippen molar-refractivity contribution in [2.45, 2.75) is 76.5 Å². The minimum absolute atomic E-state index is 0.352. The summed E-state index contributed by atoms with van der Waals surface area (Å²) in [4.78, 5) is 26.3. The second kappa shape index (κ2) is 8.88. The molecule has 0 saturated heterocycles. The zero-order chi connectivity index (χ0) is 17.5. The first-order chi connectivity index (χ1) is 10.8. The molecule has 1 aliphatic carbocycles. The molecule has 0 aromatic rings. The zero-order valence-electron chi connectivity index (χ0n) is 14.7. The Bertz CT molecular complexity index is 450. The van der Waals surface area contributed by atoms with Gasteiger partial charge in [0.25, 0.3) is 5.91 Å². The van der Waals surface area contributed by atoms with Crippen LogP contribution in [0.3, 0.4) is 0 Å². The maximum atomic E-state index is 12.3. The summed E-state index contributed by atoms with van der Waals surface area (Å²) in [7, 11) is 3.64. The number of likely N-dealkylation sites (N-methyl/N-ethyl adjacent to an activating group) is 1. The van der Waals surface area contributed by atoms with Gasteiger partial charge in [0.15, 0.2) is 6.10 Å². The molecule has 0 radical (unpaired) electrons. The summed E-state index contributed by atoms with van der Waals surface area (Å²) in [6.07, 6.45) is 4.92. The molecule has 1 amide bonds. The molecule has 2 atom stereocenters. The number of nitrogens with zero attached hydrogens (tertiary/aromatic N) is 2. The van der Waals surface area contributed by atoms with Crippen molar-refractivity contribution in [3.63, 3.8) is 0 Å². The highest BCUT2D eigenvalue weighted by atomic mass is 16.5. The average Bonchev–Trinajstić information content (AvgIpc) is 2.52. The first-order valence-corrected chi connectivity index (χ1v) is 8.45. The third-order valence-electron chi connectivity index (χ3n) is 4.40. The zero-order valence-corrected chi connectivity index (χ0v) is 14.7. The number of amides is 1. The van der Waals surface area contributed by atoms with E-state index in [0.29, 0.717) is 19.3 Å². The summed E-state index contributed by atoms with van der Waals surface area (Å²) < 4.78 is 5.32. The second-order valence-corrected chi connectivity index (χ2v) is 6.59. The largest absolute Gasteiger partial charge is 0.451 e. The SMILES string of the molecule is CCCC(C(=O)OC(C)C(=O)NC1(C#N)CCCCC1)N(C)C. The molecule has 0 aromatic carbocycles. The first kappa shape index (κ1) is 19.4. The van der Waals surface area contributed by atoms with Gasteiger partial charge in [0.2, 0.25) is 0 Å². The van der Waals surface area contributed by atoms with Crippen LogP contribution in [0.25, 0.3) is 0 Å². The van der Waals surface area contributed by atoms with E-state index in [1.54, 1.807) is 11.8 Å². The van der Waals surface area contributed by atoms with E-state index < -0.39 is 23.5 Å². The Kier molecular flexibility index (Phi) is 7.50. The van der Waals surface area contributed by atoms with Crippen LogP contribution in [0, 0.1) is 11.3 Å². The van der Waals surface area contributed by atoms with Gasteiger partial charge in [-0.15, -0.1) is 0 Å². The number of nitriles is 1. The summed E-state index contributed by atoms with van der Waals surface area (Å²) in [6.45, 7) is 3.56. The Labute approximate surface area is 139 Å². The van der Waals surface area contributed by atoms with Crippen LogP contribution < -0.4 is 5.32 Å². The summed E-state index contributed by atoms with van der Waals surface area (Å²) in [6, 6.07) is 1.89. The lowest BCUT2D eigenvalue weighted by atomic mass is 9.83. The summed E-state index contributed by atoms with van der Waals surface area (Å²) in [5.74, 6) is -0.787. The minimum Gasteiger partial charge on any atom is -0.451 e. The smallest absolute Gasteiger partial charge is 0.324 e. The van der Waals surface area contributed by atoms with Gasteiger partial charge in [-0.3, -0.25) is 14.5 Å². The average molecular weight is 323 g/mol. The number of carbonyl (C=O) groups excluding carboxylic acids is 2. The van der Waals surface area contributed by atoms with E-state index >= 15 is 0 Å². The van der Waals surface area contributed by atoms with Crippen molar-refractivity contribution in [1.82, 2.24) is 10.2 Å². The molecule has 0 aromatic heterocycles. The van der Waals surface area contributed by atoms with Crippen LogP contribution in [0.4, 0.5) is 0 Å². The number of hydrogen-bond donors (Lipinski definition) is 1. The van der Waals surface area contributed by atoms with Crippen LogP contribution in [-0.4, -0.2) is 48.6 Å². The predicted octanol–water partition coefficient (Wildman–Crippen LogP) is 1.99. The van der Waals surface area contributed by atoms with Gasteiger partial charge < -0.3 is 10.1 Å². The number of rotatable bonds is 7. The normalized spacial score (nSPS) is 19.5. The van der Waals surface area contributed by atoms with Gasteiger partial charge >= 0.3 is 5.97 Å². The Morgan fingerprint density at radius 1 is 1.30 bits per heavy atom. The van der Waals surface area contributed by atoms with E-state index in [2.05, 4.69) is 11.4 Å². The summed E-state index contributed by atoms with van der Waals surface area (Å²) in [5, 5.41) is 12.2. The number of ether oxygens (including phenoxy) is 1. The van der Waals surface area contributed by atoms with Crippen LogP contribution >= 0.6 is 0 Å². The molecule has 0 bridgehead atoms. The fourth-order valence-electron chi connectivity index (χ4n) is 2.92. The molecule has 1 saturated carbocycles. The molecule has 0 aliphatic heterocycles. The van der Waals surface area contributed by atoms with Crippen LogP contribution in [0.15, 0.2) is 0 Å². The third kappa shape index (κ3) is 5.51. The second-order valence-electron chi connectivity index (χ2n) is 6.59.